The van der Waals surface area contributed by atoms with Crippen molar-refractivity contribution >= 4 is 47.7 Å². The van der Waals surface area contributed by atoms with E-state index >= 15 is 0 Å². The van der Waals surface area contributed by atoms with Gasteiger partial charge in [0, 0.05) is 14.2 Å². The molecule has 38 heavy (non-hydrogen) atoms. The maximum absolute atomic E-state index is 13.9. The molecule has 2 unspecified atom stereocenters. The first kappa shape index (κ1) is 30.1. The minimum absolute atomic E-state index is 0.361. The zero-order valence-corrected chi connectivity index (χ0v) is 22.4. The molecule has 7 nitrogen and oxygen atoms in total. The molecule has 204 valence electrons. The lowest BCUT2D eigenvalue weighted by Gasteiger charge is -2.29. The van der Waals surface area contributed by atoms with Crippen LogP contribution < -0.4 is 4.67 Å². The second kappa shape index (κ2) is 11.0. The van der Waals surface area contributed by atoms with Crippen molar-refractivity contribution < 1.29 is 40.0 Å². The largest absolute Gasteiger partial charge is 0.604 e. The lowest BCUT2D eigenvalue weighted by molar-refractivity contribution is -0.137. The summed E-state index contributed by atoms with van der Waals surface area (Å²) in [6.45, 7) is 0. The molecule has 0 aliphatic carbocycles. The number of nitrogens with zero attached hydrogens (tertiary/aromatic N) is 4. The minimum atomic E-state index is -5.40. The molecule has 1 aromatic heterocycles. The van der Waals surface area contributed by atoms with E-state index in [-0.39, 0.29) is 6.16 Å². The van der Waals surface area contributed by atoms with Crippen LogP contribution >= 0.6 is 30.7 Å². The van der Waals surface area contributed by atoms with Crippen LogP contribution in [0.5, 0.6) is 0 Å². The van der Waals surface area contributed by atoms with E-state index in [2.05, 4.69) is 5.10 Å². The fraction of sp³-hybridized carbons (Fsp3) is 0.238. The van der Waals surface area contributed by atoms with E-state index in [0.29, 0.717) is 27.0 Å². The molecule has 0 spiro atoms. The molecular formula is C21H15Cl2F6N4O3PS. The molecule has 0 saturated heterocycles. The first-order valence-corrected chi connectivity index (χ1v) is 13.7. The third kappa shape index (κ3) is 5.93. The van der Waals surface area contributed by atoms with Gasteiger partial charge in [-0.25, -0.2) is 4.68 Å². The molecule has 17 heteroatoms. The van der Waals surface area contributed by atoms with Gasteiger partial charge in [-0.05, 0) is 17.7 Å². The van der Waals surface area contributed by atoms with Crippen LogP contribution in [0.3, 0.4) is 0 Å². The SMILES string of the molecule is COP(=O)(Cc1ccccc1)N(C)c1c([S+]([O-])C(F)(F)F)c(C#N)nn1-c1c(Cl)cc(C(F)(F)F)cc1Cl. The van der Waals surface area contributed by atoms with Crippen molar-refractivity contribution in [3.05, 3.63) is 69.3 Å². The molecule has 1 heterocycles. The van der Waals surface area contributed by atoms with Crippen molar-refractivity contribution in [3.8, 4) is 11.8 Å². The van der Waals surface area contributed by atoms with Crippen LogP contribution in [-0.4, -0.2) is 34.0 Å². The lowest BCUT2D eigenvalue weighted by atomic mass is 10.2. The Morgan fingerprint density at radius 2 is 1.71 bits per heavy atom. The van der Waals surface area contributed by atoms with Crippen LogP contribution in [0.15, 0.2) is 47.4 Å². The Labute approximate surface area is 225 Å². The van der Waals surface area contributed by atoms with Gasteiger partial charge in [0.15, 0.2) is 5.82 Å². The summed E-state index contributed by atoms with van der Waals surface area (Å²) >= 11 is 8.22. The van der Waals surface area contributed by atoms with Crippen molar-refractivity contribution in [2.24, 2.45) is 0 Å². The topological polar surface area (TPSA) is 94.2 Å². The van der Waals surface area contributed by atoms with Crippen LogP contribution in [0.25, 0.3) is 5.69 Å². The Hall–Kier alpha value is -2.40. The number of hydrogen-bond acceptors (Lipinski definition) is 5. The molecular weight excluding hydrogens is 604 g/mol. The normalized spacial score (nSPS) is 14.6. The number of alkyl halides is 6. The zero-order valence-electron chi connectivity index (χ0n) is 19.1. The predicted octanol–water partition coefficient (Wildman–Crippen LogP) is 7.17. The monoisotopic (exact) mass is 618 g/mol. The van der Waals surface area contributed by atoms with E-state index in [4.69, 9.17) is 27.7 Å². The summed E-state index contributed by atoms with van der Waals surface area (Å²) in [5.41, 5.74) is -7.83. The van der Waals surface area contributed by atoms with Gasteiger partial charge in [-0.3, -0.25) is 9.24 Å². The Balaban J connectivity index is 2.37. The van der Waals surface area contributed by atoms with Gasteiger partial charge in [0.25, 0.3) is 0 Å². The summed E-state index contributed by atoms with van der Waals surface area (Å²) in [6.07, 6.45) is -5.24. The molecule has 0 fully saturated rings. The van der Waals surface area contributed by atoms with E-state index in [1.165, 1.54) is 6.07 Å². The number of benzene rings is 2. The molecule has 0 bridgehead atoms. The van der Waals surface area contributed by atoms with Gasteiger partial charge in [-0.15, -0.1) is 18.3 Å². The van der Waals surface area contributed by atoms with Crippen LogP contribution in [0.1, 0.15) is 16.8 Å². The van der Waals surface area contributed by atoms with Crippen LogP contribution in [0.4, 0.5) is 32.2 Å². The van der Waals surface area contributed by atoms with Gasteiger partial charge < -0.3 is 9.08 Å². The highest BCUT2D eigenvalue weighted by atomic mass is 35.5. The van der Waals surface area contributed by atoms with E-state index in [0.717, 1.165) is 14.2 Å². The molecule has 0 aliphatic heterocycles. The van der Waals surface area contributed by atoms with Gasteiger partial charge >= 0.3 is 19.2 Å². The number of rotatable bonds is 7. The molecule has 3 rings (SSSR count). The van der Waals surface area contributed by atoms with Crippen molar-refractivity contribution in [1.82, 2.24) is 9.78 Å². The average Bonchev–Trinajstić information content (AvgIpc) is 3.20. The number of nitriles is 1. The summed E-state index contributed by atoms with van der Waals surface area (Å²) in [5.74, 6) is -0.832. The van der Waals surface area contributed by atoms with Crippen LogP contribution in [-0.2, 0) is 32.6 Å². The first-order chi connectivity index (χ1) is 17.5. The quantitative estimate of drug-likeness (QED) is 0.158. The molecule has 0 radical (unpaired) electrons. The van der Waals surface area contributed by atoms with Crippen molar-refractivity contribution in [1.29, 1.82) is 5.26 Å². The predicted molar refractivity (Wildman–Crippen MR) is 129 cm³/mol. The number of aromatic nitrogens is 2. The summed E-state index contributed by atoms with van der Waals surface area (Å²) < 4.78 is 113. The Morgan fingerprint density at radius 1 is 1.16 bits per heavy atom. The maximum Gasteiger partial charge on any atom is 0.578 e. The van der Waals surface area contributed by atoms with Crippen LogP contribution in [0, 0.1) is 11.3 Å². The zero-order chi connectivity index (χ0) is 28.6. The van der Waals surface area contributed by atoms with Gasteiger partial charge in [0.05, 0.1) is 21.8 Å². The Kier molecular flexibility index (Phi) is 8.72. The molecule has 0 saturated carbocycles. The van der Waals surface area contributed by atoms with Gasteiger partial charge in [-0.1, -0.05) is 53.5 Å². The van der Waals surface area contributed by atoms with E-state index in [1.54, 1.807) is 30.3 Å². The smallest absolute Gasteiger partial charge is 0.578 e. The molecule has 2 atom stereocenters. The van der Waals surface area contributed by atoms with Crippen molar-refractivity contribution in [2.75, 3.05) is 18.8 Å². The third-order valence-electron chi connectivity index (χ3n) is 5.15. The Bertz CT molecular complexity index is 1410. The van der Waals surface area contributed by atoms with E-state index in [1.807, 2.05) is 0 Å². The minimum Gasteiger partial charge on any atom is -0.604 e. The molecule has 0 N–H and O–H groups in total. The fourth-order valence-corrected chi connectivity index (χ4v) is 6.71. The summed E-state index contributed by atoms with van der Waals surface area (Å²) in [7, 11) is -2.12. The highest BCUT2D eigenvalue weighted by molar-refractivity contribution is 7.92. The highest BCUT2D eigenvalue weighted by Crippen LogP contribution is 2.57. The summed E-state index contributed by atoms with van der Waals surface area (Å²) in [5, 5.41) is 11.8. The van der Waals surface area contributed by atoms with E-state index in [9.17, 15) is 40.7 Å². The maximum atomic E-state index is 13.9. The Morgan fingerprint density at radius 3 is 2.16 bits per heavy atom. The fourth-order valence-electron chi connectivity index (χ4n) is 3.38. The van der Waals surface area contributed by atoms with Gasteiger partial charge in [0.2, 0.25) is 10.6 Å². The highest BCUT2D eigenvalue weighted by Gasteiger charge is 2.52. The number of halogens is 8. The second-order valence-electron chi connectivity index (χ2n) is 7.51. The second-order valence-corrected chi connectivity index (χ2v) is 12.3. The molecule has 0 amide bonds. The van der Waals surface area contributed by atoms with Crippen molar-refractivity contribution in [3.63, 3.8) is 0 Å². The number of hydrogen-bond donors (Lipinski definition) is 0. The molecule has 3 aromatic rings. The van der Waals surface area contributed by atoms with Crippen LogP contribution in [0.2, 0.25) is 10.0 Å². The average molecular weight is 619 g/mol. The standard InChI is InChI=1S/C21H15Cl2F6N4O3PS/c1-32(37(34,36-2)11-12-6-4-3-5-7-12)19-18(38(35)21(27,28)29)16(10-30)31-33(19)17-14(22)8-13(9-15(17)23)20(24,25)26/h3-9H,11H2,1-2H3. The summed E-state index contributed by atoms with van der Waals surface area (Å²) in [6, 6.07) is 10.3. The van der Waals surface area contributed by atoms with Gasteiger partial charge in [-0.2, -0.15) is 18.4 Å². The number of anilines is 1. The summed E-state index contributed by atoms with van der Waals surface area (Å²) in [4.78, 5) is -1.21. The van der Waals surface area contributed by atoms with Gasteiger partial charge in [0.1, 0.15) is 22.9 Å². The van der Waals surface area contributed by atoms with Crippen molar-refractivity contribution in [2.45, 2.75) is 22.7 Å². The van der Waals surface area contributed by atoms with E-state index < -0.39 is 68.1 Å². The third-order valence-corrected chi connectivity index (χ3v) is 9.33. The molecule has 0 aliphatic rings. The first-order valence-electron chi connectivity index (χ1n) is 10.1. The molecule has 2 aromatic carbocycles. The lowest BCUT2D eigenvalue weighted by Crippen LogP contribution is -2.27.